The van der Waals surface area contributed by atoms with Crippen molar-refractivity contribution in [1.82, 2.24) is 0 Å². The minimum atomic E-state index is -4.85. The summed E-state index contributed by atoms with van der Waals surface area (Å²) in [6.07, 6.45) is -6.30. The number of hydrogen-bond donors (Lipinski definition) is 1. The molecular weight excluding hydrogens is 331 g/mol. The standard InChI is InChI=1S/C14H8Cl2F4O/c15-8-2-3-11(16)9(6-8)13(21)7-1-4-12(17)10(5-7)14(18,19)20/h1-6,13,21H. The smallest absolute Gasteiger partial charge is 0.384 e. The van der Waals surface area contributed by atoms with E-state index in [2.05, 4.69) is 0 Å². The number of aliphatic hydroxyl groups excluding tert-OH is 1. The van der Waals surface area contributed by atoms with Gasteiger partial charge < -0.3 is 5.11 Å². The molecule has 1 unspecified atom stereocenters. The SMILES string of the molecule is OC(c1ccc(F)c(C(F)(F)F)c1)c1cc(Cl)ccc1Cl. The Bertz CT molecular complexity index is 671. The van der Waals surface area contributed by atoms with Crippen LogP contribution in [0.3, 0.4) is 0 Å². The third-order valence-electron chi connectivity index (χ3n) is 2.86. The van der Waals surface area contributed by atoms with Crippen molar-refractivity contribution in [3.05, 3.63) is 69.0 Å². The summed E-state index contributed by atoms with van der Waals surface area (Å²) in [4.78, 5) is 0. The first-order chi connectivity index (χ1) is 9.70. The zero-order valence-corrected chi connectivity index (χ0v) is 11.8. The van der Waals surface area contributed by atoms with Gasteiger partial charge in [-0.2, -0.15) is 13.2 Å². The van der Waals surface area contributed by atoms with Crippen LogP contribution in [0.15, 0.2) is 36.4 Å². The fourth-order valence-electron chi connectivity index (χ4n) is 1.83. The number of halogens is 6. The highest BCUT2D eigenvalue weighted by Crippen LogP contribution is 2.36. The Morgan fingerprint density at radius 3 is 2.29 bits per heavy atom. The van der Waals surface area contributed by atoms with Crippen LogP contribution >= 0.6 is 23.2 Å². The summed E-state index contributed by atoms with van der Waals surface area (Å²) in [5.74, 6) is -1.41. The molecule has 1 N–H and O–H groups in total. The van der Waals surface area contributed by atoms with Crippen molar-refractivity contribution in [2.45, 2.75) is 12.3 Å². The Morgan fingerprint density at radius 1 is 1.00 bits per heavy atom. The van der Waals surface area contributed by atoms with Gasteiger partial charge >= 0.3 is 6.18 Å². The second kappa shape index (κ2) is 5.83. The van der Waals surface area contributed by atoms with Crippen LogP contribution in [0.5, 0.6) is 0 Å². The van der Waals surface area contributed by atoms with E-state index >= 15 is 0 Å². The number of rotatable bonds is 2. The van der Waals surface area contributed by atoms with Crippen molar-refractivity contribution in [3.63, 3.8) is 0 Å². The van der Waals surface area contributed by atoms with E-state index in [9.17, 15) is 22.7 Å². The fraction of sp³-hybridized carbons (Fsp3) is 0.143. The van der Waals surface area contributed by atoms with Crippen molar-refractivity contribution in [1.29, 1.82) is 0 Å². The van der Waals surface area contributed by atoms with Crippen molar-refractivity contribution >= 4 is 23.2 Å². The van der Waals surface area contributed by atoms with Gasteiger partial charge in [0.25, 0.3) is 0 Å². The van der Waals surface area contributed by atoms with Crippen LogP contribution in [0.2, 0.25) is 10.0 Å². The summed E-state index contributed by atoms with van der Waals surface area (Å²) in [6.45, 7) is 0. The quantitative estimate of drug-likeness (QED) is 0.743. The van der Waals surface area contributed by atoms with Gasteiger partial charge in [0.1, 0.15) is 11.9 Å². The Balaban J connectivity index is 2.49. The Morgan fingerprint density at radius 2 is 1.67 bits per heavy atom. The maximum absolute atomic E-state index is 13.2. The van der Waals surface area contributed by atoms with E-state index < -0.39 is 23.7 Å². The number of aliphatic hydroxyl groups is 1. The van der Waals surface area contributed by atoms with Crippen LogP contribution in [-0.2, 0) is 6.18 Å². The summed E-state index contributed by atoms with van der Waals surface area (Å²) in [6, 6.07) is 6.50. The van der Waals surface area contributed by atoms with E-state index in [4.69, 9.17) is 23.2 Å². The lowest BCUT2D eigenvalue weighted by molar-refractivity contribution is -0.140. The van der Waals surface area contributed by atoms with Gasteiger partial charge in [-0.15, -0.1) is 0 Å². The molecule has 0 aromatic heterocycles. The van der Waals surface area contributed by atoms with Gasteiger partial charge in [-0.25, -0.2) is 4.39 Å². The first-order valence-electron chi connectivity index (χ1n) is 5.70. The molecule has 2 aromatic carbocycles. The van der Waals surface area contributed by atoms with Gasteiger partial charge in [0.05, 0.1) is 5.56 Å². The van der Waals surface area contributed by atoms with Gasteiger partial charge in [-0.05, 0) is 35.9 Å². The zero-order valence-electron chi connectivity index (χ0n) is 10.3. The first kappa shape index (κ1) is 16.1. The van der Waals surface area contributed by atoms with Gasteiger partial charge in [0.2, 0.25) is 0 Å². The van der Waals surface area contributed by atoms with Gasteiger partial charge in [0, 0.05) is 15.6 Å². The average molecular weight is 339 g/mol. The van der Waals surface area contributed by atoms with Crippen molar-refractivity contribution in [2.75, 3.05) is 0 Å². The second-order valence-corrected chi connectivity index (χ2v) is 5.15. The molecule has 2 aromatic rings. The fourth-order valence-corrected chi connectivity index (χ4v) is 2.24. The summed E-state index contributed by atoms with van der Waals surface area (Å²) >= 11 is 11.7. The molecule has 0 radical (unpaired) electrons. The molecule has 0 saturated heterocycles. The largest absolute Gasteiger partial charge is 0.419 e. The molecule has 21 heavy (non-hydrogen) atoms. The summed E-state index contributed by atoms with van der Waals surface area (Å²) in [5.41, 5.74) is -1.44. The summed E-state index contributed by atoms with van der Waals surface area (Å²) < 4.78 is 51.2. The lowest BCUT2D eigenvalue weighted by Crippen LogP contribution is -2.10. The number of benzene rings is 2. The topological polar surface area (TPSA) is 20.2 Å². The van der Waals surface area contributed by atoms with Crippen molar-refractivity contribution in [2.24, 2.45) is 0 Å². The average Bonchev–Trinajstić information content (AvgIpc) is 2.40. The van der Waals surface area contributed by atoms with Crippen LogP contribution in [0.25, 0.3) is 0 Å². The van der Waals surface area contributed by atoms with E-state index in [1.807, 2.05) is 0 Å². The predicted octanol–water partition coefficient (Wildman–Crippen LogP) is 5.23. The maximum atomic E-state index is 13.2. The van der Waals surface area contributed by atoms with Crippen LogP contribution in [0.4, 0.5) is 17.6 Å². The number of hydrogen-bond acceptors (Lipinski definition) is 1. The molecular formula is C14H8Cl2F4O. The zero-order chi connectivity index (χ0) is 15.8. The van der Waals surface area contributed by atoms with E-state index in [1.54, 1.807) is 0 Å². The molecule has 7 heteroatoms. The van der Waals surface area contributed by atoms with E-state index in [-0.39, 0.29) is 21.2 Å². The molecule has 2 rings (SSSR count). The van der Waals surface area contributed by atoms with Crippen LogP contribution in [-0.4, -0.2) is 5.11 Å². The molecule has 0 aliphatic carbocycles. The third-order valence-corrected chi connectivity index (χ3v) is 3.44. The predicted molar refractivity (Wildman–Crippen MR) is 71.9 cm³/mol. The Kier molecular flexibility index (Phi) is 4.46. The normalized spacial score (nSPS) is 13.3. The highest BCUT2D eigenvalue weighted by molar-refractivity contribution is 6.33. The molecule has 0 aliphatic heterocycles. The minimum Gasteiger partial charge on any atom is -0.384 e. The lowest BCUT2D eigenvalue weighted by atomic mass is 9.99. The molecule has 0 amide bonds. The molecule has 0 heterocycles. The minimum absolute atomic E-state index is 0.132. The second-order valence-electron chi connectivity index (χ2n) is 4.31. The number of alkyl halides is 3. The monoisotopic (exact) mass is 338 g/mol. The van der Waals surface area contributed by atoms with Crippen LogP contribution in [0.1, 0.15) is 22.8 Å². The van der Waals surface area contributed by atoms with Gasteiger partial charge in [-0.3, -0.25) is 0 Å². The third kappa shape index (κ3) is 3.48. The lowest BCUT2D eigenvalue weighted by Gasteiger charge is -2.16. The van der Waals surface area contributed by atoms with E-state index in [0.29, 0.717) is 12.1 Å². The highest BCUT2D eigenvalue weighted by Gasteiger charge is 2.34. The molecule has 0 spiro atoms. The van der Waals surface area contributed by atoms with Crippen LogP contribution in [0, 0.1) is 5.82 Å². The van der Waals surface area contributed by atoms with E-state index in [0.717, 1.165) is 6.07 Å². The van der Waals surface area contributed by atoms with Crippen LogP contribution < -0.4 is 0 Å². The molecule has 1 atom stereocenters. The molecule has 0 fully saturated rings. The van der Waals surface area contributed by atoms with E-state index in [1.165, 1.54) is 18.2 Å². The molecule has 0 aliphatic rings. The molecule has 112 valence electrons. The van der Waals surface area contributed by atoms with Crippen molar-refractivity contribution < 1.29 is 22.7 Å². The Hall–Kier alpha value is -1.30. The summed E-state index contributed by atoms with van der Waals surface area (Å²) in [5, 5.41) is 10.6. The van der Waals surface area contributed by atoms with Crippen molar-refractivity contribution in [3.8, 4) is 0 Å². The molecule has 0 saturated carbocycles. The Labute approximate surface area is 127 Å². The maximum Gasteiger partial charge on any atom is 0.419 e. The van der Waals surface area contributed by atoms with Gasteiger partial charge in [0.15, 0.2) is 0 Å². The summed E-state index contributed by atoms with van der Waals surface area (Å²) in [7, 11) is 0. The molecule has 0 bridgehead atoms. The highest BCUT2D eigenvalue weighted by atomic mass is 35.5. The first-order valence-corrected chi connectivity index (χ1v) is 6.45. The van der Waals surface area contributed by atoms with Gasteiger partial charge in [-0.1, -0.05) is 29.3 Å². The molecule has 1 nitrogen and oxygen atoms in total.